The molecule has 0 radical (unpaired) electrons. The van der Waals surface area contributed by atoms with Gasteiger partial charge in [-0.25, -0.2) is 0 Å². The summed E-state index contributed by atoms with van der Waals surface area (Å²) < 4.78 is 16.6. The Bertz CT molecular complexity index is 1060. The number of methoxy groups -OCH3 is 2. The van der Waals surface area contributed by atoms with Crippen LogP contribution in [-0.4, -0.2) is 19.5 Å². The number of fused-ring (bicyclic) bond motifs is 1. The lowest BCUT2D eigenvalue weighted by Crippen LogP contribution is -2.06. The molecule has 1 aromatic heterocycles. The molecule has 1 heterocycles. The van der Waals surface area contributed by atoms with E-state index < -0.39 is 0 Å². The summed E-state index contributed by atoms with van der Waals surface area (Å²) in [5, 5.41) is 1.61. The Morgan fingerprint density at radius 1 is 0.875 bits per heavy atom. The molecule has 0 fully saturated rings. The van der Waals surface area contributed by atoms with Gasteiger partial charge in [-0.15, -0.1) is 0 Å². The number of aryl methyl sites for hydroxylation is 1. The molecule has 0 amide bonds. The highest BCUT2D eigenvalue weighted by molar-refractivity contribution is 9.09. The number of hydrogen-bond acceptors (Lipinski definition) is 4. The van der Waals surface area contributed by atoms with Gasteiger partial charge < -0.3 is 13.9 Å². The fourth-order valence-electron chi connectivity index (χ4n) is 4.09. The molecule has 4 nitrogen and oxygen atoms in total. The first-order chi connectivity index (χ1) is 15.7. The molecule has 2 aromatic carbocycles. The zero-order valence-corrected chi connectivity index (χ0v) is 20.7. The van der Waals surface area contributed by atoms with Crippen molar-refractivity contribution in [2.24, 2.45) is 0 Å². The maximum Gasteiger partial charge on any atom is 0.204 e. The van der Waals surface area contributed by atoms with Gasteiger partial charge in [0.1, 0.15) is 6.26 Å². The Morgan fingerprint density at radius 2 is 1.59 bits per heavy atom. The molecule has 0 spiro atoms. The average molecular weight is 501 g/mol. The topological polar surface area (TPSA) is 48.7 Å². The fourth-order valence-corrected chi connectivity index (χ4v) is 4.49. The third kappa shape index (κ3) is 6.16. The summed E-state index contributed by atoms with van der Waals surface area (Å²) in [6.45, 7) is 0. The van der Waals surface area contributed by atoms with E-state index in [2.05, 4.69) is 28.1 Å². The summed E-state index contributed by atoms with van der Waals surface area (Å²) in [7, 11) is 3.10. The first-order valence-electron chi connectivity index (χ1n) is 11.5. The molecule has 0 atom stereocenters. The molecule has 172 valence electrons. The highest BCUT2D eigenvalue weighted by Gasteiger charge is 2.16. The third-order valence-corrected chi connectivity index (χ3v) is 6.43. The van der Waals surface area contributed by atoms with Crippen LogP contribution in [0.1, 0.15) is 56.9 Å². The largest absolute Gasteiger partial charge is 0.493 e. The third-order valence-electron chi connectivity index (χ3n) is 5.87. The number of rotatable bonds is 13. The summed E-state index contributed by atoms with van der Waals surface area (Å²) in [4.78, 5) is 13.2. The highest BCUT2D eigenvalue weighted by atomic mass is 79.9. The number of halogens is 1. The zero-order valence-electron chi connectivity index (χ0n) is 19.1. The van der Waals surface area contributed by atoms with E-state index in [4.69, 9.17) is 13.9 Å². The summed E-state index contributed by atoms with van der Waals surface area (Å²) >= 11 is 3.49. The van der Waals surface area contributed by atoms with Gasteiger partial charge in [0.2, 0.25) is 11.2 Å². The summed E-state index contributed by atoms with van der Waals surface area (Å²) in [6, 6.07) is 11.7. The van der Waals surface area contributed by atoms with Gasteiger partial charge >= 0.3 is 0 Å². The Morgan fingerprint density at radius 3 is 2.28 bits per heavy atom. The van der Waals surface area contributed by atoms with Crippen LogP contribution in [0.25, 0.3) is 22.1 Å². The SMILES string of the molecule is COc1ccc2c(=O)c(-c3cccc(CCCCCCCCCCBr)c3)coc2c1OC. The minimum Gasteiger partial charge on any atom is -0.493 e. The molecule has 3 rings (SSSR count). The maximum atomic E-state index is 13.2. The van der Waals surface area contributed by atoms with Gasteiger partial charge in [0, 0.05) is 5.33 Å². The molecule has 3 aromatic rings. The quantitative estimate of drug-likeness (QED) is 0.179. The van der Waals surface area contributed by atoms with E-state index >= 15 is 0 Å². The molecule has 0 bridgehead atoms. The number of hydrogen-bond donors (Lipinski definition) is 0. The van der Waals surface area contributed by atoms with Crippen LogP contribution in [0.2, 0.25) is 0 Å². The van der Waals surface area contributed by atoms with E-state index in [0.717, 1.165) is 17.3 Å². The van der Waals surface area contributed by atoms with Crippen LogP contribution in [0.5, 0.6) is 11.5 Å². The van der Waals surface area contributed by atoms with E-state index in [0.29, 0.717) is 28.0 Å². The molecule has 5 heteroatoms. The Labute approximate surface area is 199 Å². The van der Waals surface area contributed by atoms with Crippen LogP contribution in [0.15, 0.2) is 51.9 Å². The van der Waals surface area contributed by atoms with E-state index in [1.807, 2.05) is 12.1 Å². The van der Waals surface area contributed by atoms with Gasteiger partial charge in [0.15, 0.2) is 11.3 Å². The van der Waals surface area contributed by atoms with Gasteiger partial charge in [0.05, 0.1) is 25.2 Å². The normalized spacial score (nSPS) is 11.1. The molecular weight excluding hydrogens is 468 g/mol. The van der Waals surface area contributed by atoms with Crippen molar-refractivity contribution in [3.05, 3.63) is 58.4 Å². The molecule has 32 heavy (non-hydrogen) atoms. The first kappa shape index (κ1) is 24.4. The van der Waals surface area contributed by atoms with Crippen LogP contribution in [0.3, 0.4) is 0 Å². The molecule has 0 aliphatic heterocycles. The van der Waals surface area contributed by atoms with Crippen LogP contribution in [0.4, 0.5) is 0 Å². The predicted octanol–water partition coefficient (Wildman–Crippen LogP) is 7.54. The van der Waals surface area contributed by atoms with Crippen LogP contribution in [0, 0.1) is 0 Å². The van der Waals surface area contributed by atoms with E-state index in [9.17, 15) is 4.79 Å². The number of alkyl halides is 1. The van der Waals surface area contributed by atoms with Crippen molar-refractivity contribution in [2.75, 3.05) is 19.5 Å². The number of ether oxygens (including phenoxy) is 2. The van der Waals surface area contributed by atoms with Gasteiger partial charge in [-0.3, -0.25) is 4.79 Å². The van der Waals surface area contributed by atoms with Gasteiger partial charge in [-0.2, -0.15) is 0 Å². The Kier molecular flexibility index (Phi) is 9.66. The van der Waals surface area contributed by atoms with Crippen molar-refractivity contribution in [3.8, 4) is 22.6 Å². The van der Waals surface area contributed by atoms with Gasteiger partial charge in [0.25, 0.3) is 0 Å². The summed E-state index contributed by atoms with van der Waals surface area (Å²) in [6.07, 6.45) is 12.9. The predicted molar refractivity (Wildman–Crippen MR) is 135 cm³/mol. The average Bonchev–Trinajstić information content (AvgIpc) is 2.82. The summed E-state index contributed by atoms with van der Waals surface area (Å²) in [5.74, 6) is 0.974. The van der Waals surface area contributed by atoms with Crippen molar-refractivity contribution >= 4 is 26.9 Å². The lowest BCUT2D eigenvalue weighted by atomic mass is 9.99. The molecule has 0 aliphatic carbocycles. The van der Waals surface area contributed by atoms with E-state index in [-0.39, 0.29) is 5.43 Å². The van der Waals surface area contributed by atoms with Crippen molar-refractivity contribution in [3.63, 3.8) is 0 Å². The van der Waals surface area contributed by atoms with Crippen LogP contribution < -0.4 is 14.9 Å². The zero-order chi connectivity index (χ0) is 22.8. The number of benzene rings is 2. The monoisotopic (exact) mass is 500 g/mol. The maximum absolute atomic E-state index is 13.2. The second-order valence-electron chi connectivity index (χ2n) is 8.12. The Hall–Kier alpha value is -2.27. The molecule has 0 saturated heterocycles. The van der Waals surface area contributed by atoms with Crippen LogP contribution in [-0.2, 0) is 6.42 Å². The van der Waals surface area contributed by atoms with E-state index in [1.165, 1.54) is 63.2 Å². The first-order valence-corrected chi connectivity index (χ1v) is 12.6. The van der Waals surface area contributed by atoms with Crippen molar-refractivity contribution in [1.29, 1.82) is 0 Å². The molecule has 0 aliphatic rings. The molecular formula is C27H33BrO4. The molecule has 0 unspecified atom stereocenters. The van der Waals surface area contributed by atoms with Gasteiger partial charge in [-0.1, -0.05) is 78.7 Å². The molecule has 0 saturated carbocycles. The standard InChI is InChI=1S/C27H33BrO4/c1-30-24-16-15-22-25(29)23(19-32-26(22)27(24)31-2)21-14-11-13-20(18-21)12-9-7-5-3-4-6-8-10-17-28/h11,13-16,18-19H,3-10,12,17H2,1-2H3. The smallest absolute Gasteiger partial charge is 0.204 e. The van der Waals surface area contributed by atoms with E-state index in [1.54, 1.807) is 26.4 Å². The minimum absolute atomic E-state index is 0.0655. The second-order valence-corrected chi connectivity index (χ2v) is 8.92. The Balaban J connectivity index is 1.65. The highest BCUT2D eigenvalue weighted by Crippen LogP contribution is 2.35. The molecule has 0 N–H and O–H groups in total. The lowest BCUT2D eigenvalue weighted by molar-refractivity contribution is 0.353. The number of unbranched alkanes of at least 4 members (excludes halogenated alkanes) is 7. The lowest BCUT2D eigenvalue weighted by Gasteiger charge is -2.10. The van der Waals surface area contributed by atoms with Gasteiger partial charge in [-0.05, 0) is 42.5 Å². The van der Waals surface area contributed by atoms with Crippen molar-refractivity contribution < 1.29 is 13.9 Å². The second kappa shape index (κ2) is 12.7. The summed E-state index contributed by atoms with van der Waals surface area (Å²) in [5.41, 5.74) is 3.05. The van der Waals surface area contributed by atoms with Crippen molar-refractivity contribution in [1.82, 2.24) is 0 Å². The van der Waals surface area contributed by atoms with Crippen LogP contribution >= 0.6 is 15.9 Å². The minimum atomic E-state index is -0.0655. The fraction of sp³-hybridized carbons (Fsp3) is 0.444. The van der Waals surface area contributed by atoms with Crippen molar-refractivity contribution in [2.45, 2.75) is 57.8 Å².